The average molecular weight is 446 g/mol. The first-order valence-electron chi connectivity index (χ1n) is 10.9. The van der Waals surface area contributed by atoms with Crippen molar-refractivity contribution in [3.8, 4) is 22.8 Å². The van der Waals surface area contributed by atoms with E-state index in [4.69, 9.17) is 14.2 Å². The lowest BCUT2D eigenvalue weighted by Crippen LogP contribution is -2.38. The molecule has 0 fully saturated rings. The smallest absolute Gasteiger partial charge is 0.307 e. The number of methoxy groups -OCH3 is 3. The fourth-order valence-electron chi connectivity index (χ4n) is 3.62. The van der Waals surface area contributed by atoms with E-state index in [0.29, 0.717) is 36.3 Å². The Kier molecular flexibility index (Phi) is 9.11. The van der Waals surface area contributed by atoms with Crippen LogP contribution in [0.15, 0.2) is 24.3 Å². The van der Waals surface area contributed by atoms with E-state index < -0.39 is 0 Å². The topological polar surface area (TPSA) is 91.7 Å². The molecular formula is C24H35N3O5. The molecule has 0 saturated carbocycles. The fraction of sp³-hybridized carbons (Fsp3) is 0.542. The van der Waals surface area contributed by atoms with Crippen molar-refractivity contribution in [1.82, 2.24) is 15.1 Å². The molecule has 8 heteroatoms. The highest BCUT2D eigenvalue weighted by atomic mass is 16.5. The number of aromatic nitrogens is 2. The van der Waals surface area contributed by atoms with Crippen LogP contribution in [0.4, 0.5) is 0 Å². The predicted molar refractivity (Wildman–Crippen MR) is 123 cm³/mol. The summed E-state index contributed by atoms with van der Waals surface area (Å²) >= 11 is 0. The van der Waals surface area contributed by atoms with Crippen LogP contribution in [0.25, 0.3) is 11.3 Å². The van der Waals surface area contributed by atoms with Crippen molar-refractivity contribution >= 4 is 11.9 Å². The standard InChI is InChI=1S/C24H35N3O5/c1-15(2)11-17(12-22(28)32-7)25-24(29)18-13-19(27(26-18)14-16(3)4)23-20(30-5)9-8-10-21(23)31-6/h8-10,13,15-17H,11-12,14H2,1-7H3,(H,25,29). The Bertz CT molecular complexity index is 898. The minimum Gasteiger partial charge on any atom is -0.496 e. The number of hydrogen-bond donors (Lipinski definition) is 1. The second-order valence-corrected chi connectivity index (χ2v) is 8.61. The van der Waals surface area contributed by atoms with Crippen LogP contribution in [0.1, 0.15) is 51.0 Å². The third kappa shape index (κ3) is 6.48. The number of benzene rings is 1. The lowest BCUT2D eigenvalue weighted by Gasteiger charge is -2.19. The second kappa shape index (κ2) is 11.5. The highest BCUT2D eigenvalue weighted by molar-refractivity contribution is 5.94. The number of carbonyl (C=O) groups is 2. The number of ether oxygens (including phenoxy) is 3. The third-order valence-electron chi connectivity index (χ3n) is 4.97. The van der Waals surface area contributed by atoms with E-state index in [1.165, 1.54) is 7.11 Å². The van der Waals surface area contributed by atoms with Crippen molar-refractivity contribution in [3.63, 3.8) is 0 Å². The van der Waals surface area contributed by atoms with Crippen molar-refractivity contribution in [3.05, 3.63) is 30.0 Å². The summed E-state index contributed by atoms with van der Waals surface area (Å²) in [4.78, 5) is 24.9. The molecule has 1 aromatic heterocycles. The van der Waals surface area contributed by atoms with Crippen molar-refractivity contribution in [2.24, 2.45) is 11.8 Å². The first kappa shape index (κ1) is 25.2. The quantitative estimate of drug-likeness (QED) is 0.527. The van der Waals surface area contributed by atoms with Gasteiger partial charge in [0.05, 0.1) is 39.0 Å². The Morgan fingerprint density at radius 3 is 2.16 bits per heavy atom. The zero-order valence-corrected chi connectivity index (χ0v) is 20.1. The zero-order valence-electron chi connectivity index (χ0n) is 20.1. The first-order valence-corrected chi connectivity index (χ1v) is 10.9. The molecule has 8 nitrogen and oxygen atoms in total. The van der Waals surface area contributed by atoms with Gasteiger partial charge in [0.25, 0.3) is 5.91 Å². The summed E-state index contributed by atoms with van der Waals surface area (Å²) in [5.41, 5.74) is 1.73. The first-order chi connectivity index (χ1) is 15.2. The van der Waals surface area contributed by atoms with Gasteiger partial charge in [-0.1, -0.05) is 33.8 Å². The van der Waals surface area contributed by atoms with Crippen LogP contribution in [0, 0.1) is 11.8 Å². The van der Waals surface area contributed by atoms with Crippen LogP contribution in [0.2, 0.25) is 0 Å². The Labute approximate surface area is 190 Å². The van der Waals surface area contributed by atoms with Gasteiger partial charge < -0.3 is 19.5 Å². The van der Waals surface area contributed by atoms with Gasteiger partial charge in [-0.05, 0) is 36.5 Å². The minimum atomic E-state index is -0.360. The van der Waals surface area contributed by atoms with Gasteiger partial charge >= 0.3 is 5.97 Å². The molecule has 0 bridgehead atoms. The summed E-state index contributed by atoms with van der Waals surface area (Å²) in [6.45, 7) is 8.86. The maximum Gasteiger partial charge on any atom is 0.307 e. The molecule has 2 rings (SSSR count). The maximum absolute atomic E-state index is 13.1. The number of amides is 1. The Morgan fingerprint density at radius 1 is 1.03 bits per heavy atom. The molecule has 1 N–H and O–H groups in total. The molecule has 0 radical (unpaired) electrons. The van der Waals surface area contributed by atoms with Crippen molar-refractivity contribution < 1.29 is 23.8 Å². The van der Waals surface area contributed by atoms with Gasteiger partial charge in [0.1, 0.15) is 11.5 Å². The highest BCUT2D eigenvalue weighted by Gasteiger charge is 2.24. The predicted octanol–water partition coefficient (Wildman–Crippen LogP) is 3.93. The Morgan fingerprint density at radius 2 is 1.66 bits per heavy atom. The third-order valence-corrected chi connectivity index (χ3v) is 4.97. The van der Waals surface area contributed by atoms with Crippen LogP contribution < -0.4 is 14.8 Å². The molecule has 32 heavy (non-hydrogen) atoms. The summed E-state index contributed by atoms with van der Waals surface area (Å²) in [5.74, 6) is 1.17. The molecule has 1 amide bonds. The van der Waals surface area contributed by atoms with Gasteiger partial charge in [-0.15, -0.1) is 0 Å². The zero-order chi connectivity index (χ0) is 23.8. The van der Waals surface area contributed by atoms with E-state index in [1.54, 1.807) is 25.0 Å². The molecule has 0 saturated heterocycles. The van der Waals surface area contributed by atoms with Gasteiger partial charge in [-0.3, -0.25) is 14.3 Å². The molecule has 1 heterocycles. The van der Waals surface area contributed by atoms with E-state index in [-0.39, 0.29) is 30.0 Å². The summed E-state index contributed by atoms with van der Waals surface area (Å²) in [7, 11) is 4.54. The van der Waals surface area contributed by atoms with E-state index in [2.05, 4.69) is 24.3 Å². The van der Waals surface area contributed by atoms with Crippen LogP contribution in [-0.4, -0.2) is 49.0 Å². The fourth-order valence-corrected chi connectivity index (χ4v) is 3.62. The van der Waals surface area contributed by atoms with Crippen LogP contribution in [0.3, 0.4) is 0 Å². The van der Waals surface area contributed by atoms with Crippen molar-refractivity contribution in [2.45, 2.75) is 53.1 Å². The molecular weight excluding hydrogens is 410 g/mol. The highest BCUT2D eigenvalue weighted by Crippen LogP contribution is 2.38. The van der Waals surface area contributed by atoms with E-state index in [9.17, 15) is 9.59 Å². The van der Waals surface area contributed by atoms with Gasteiger partial charge in [0.2, 0.25) is 0 Å². The van der Waals surface area contributed by atoms with Crippen LogP contribution in [0.5, 0.6) is 11.5 Å². The maximum atomic E-state index is 13.1. The molecule has 176 valence electrons. The SMILES string of the molecule is COC(=O)CC(CC(C)C)NC(=O)c1cc(-c2c(OC)cccc2OC)n(CC(C)C)n1. The largest absolute Gasteiger partial charge is 0.496 e. The molecule has 1 atom stereocenters. The summed E-state index contributed by atoms with van der Waals surface area (Å²) in [6.07, 6.45) is 0.765. The van der Waals surface area contributed by atoms with Crippen molar-refractivity contribution in [2.75, 3.05) is 21.3 Å². The van der Waals surface area contributed by atoms with E-state index >= 15 is 0 Å². The van der Waals surface area contributed by atoms with Crippen molar-refractivity contribution in [1.29, 1.82) is 0 Å². The normalized spacial score (nSPS) is 12.0. The molecule has 0 aliphatic rings. The van der Waals surface area contributed by atoms with E-state index in [1.807, 2.05) is 32.0 Å². The van der Waals surface area contributed by atoms with E-state index in [0.717, 1.165) is 11.3 Å². The summed E-state index contributed by atoms with van der Waals surface area (Å²) in [6, 6.07) is 6.94. The minimum absolute atomic E-state index is 0.111. The monoisotopic (exact) mass is 445 g/mol. The summed E-state index contributed by atoms with van der Waals surface area (Å²) < 4.78 is 17.7. The molecule has 0 spiro atoms. The van der Waals surface area contributed by atoms with Gasteiger partial charge in [0, 0.05) is 12.6 Å². The van der Waals surface area contributed by atoms with Crippen LogP contribution in [-0.2, 0) is 16.1 Å². The second-order valence-electron chi connectivity index (χ2n) is 8.61. The molecule has 1 aromatic carbocycles. The Balaban J connectivity index is 2.45. The number of carbonyl (C=O) groups excluding carboxylic acids is 2. The molecule has 0 aliphatic carbocycles. The van der Waals surface area contributed by atoms with Crippen LogP contribution >= 0.6 is 0 Å². The lowest BCUT2D eigenvalue weighted by molar-refractivity contribution is -0.141. The number of nitrogens with zero attached hydrogens (tertiary/aromatic N) is 2. The number of rotatable bonds is 11. The van der Waals surface area contributed by atoms with Gasteiger partial charge in [-0.2, -0.15) is 5.10 Å². The molecule has 1 unspecified atom stereocenters. The number of esters is 1. The molecule has 0 aliphatic heterocycles. The Hall–Kier alpha value is -3.03. The summed E-state index contributed by atoms with van der Waals surface area (Å²) in [5, 5.41) is 7.54. The van der Waals surface area contributed by atoms with Gasteiger partial charge in [-0.25, -0.2) is 0 Å². The number of hydrogen-bond acceptors (Lipinski definition) is 6. The molecule has 2 aromatic rings. The average Bonchev–Trinajstić information content (AvgIpc) is 3.15. The van der Waals surface area contributed by atoms with Gasteiger partial charge in [0.15, 0.2) is 5.69 Å². The lowest BCUT2D eigenvalue weighted by atomic mass is 10.0. The number of nitrogens with one attached hydrogen (secondary N) is 1.